The number of allylic oxidation sites excluding steroid dienone is 1. The van der Waals surface area contributed by atoms with E-state index in [-0.39, 0.29) is 18.5 Å². The molecule has 7 nitrogen and oxygen atoms in total. The minimum absolute atomic E-state index is 0.0796. The maximum absolute atomic E-state index is 13.6. The smallest absolute Gasteiger partial charge is 0.328 e. The summed E-state index contributed by atoms with van der Waals surface area (Å²) in [6.07, 6.45) is 5.90. The number of amides is 3. The van der Waals surface area contributed by atoms with E-state index in [1.807, 2.05) is 54.6 Å². The molecule has 2 aromatic rings. The van der Waals surface area contributed by atoms with Gasteiger partial charge in [0.1, 0.15) is 11.3 Å². The first-order chi connectivity index (χ1) is 17.1. The van der Waals surface area contributed by atoms with Crippen LogP contribution in [0.15, 0.2) is 66.7 Å². The fourth-order valence-electron chi connectivity index (χ4n) is 5.04. The Morgan fingerprint density at radius 2 is 1.69 bits per heavy atom. The second kappa shape index (κ2) is 11.5. The largest absolute Gasteiger partial charge is 0.497 e. The Labute approximate surface area is 207 Å². The van der Waals surface area contributed by atoms with E-state index < -0.39 is 5.54 Å². The van der Waals surface area contributed by atoms with Crippen LogP contribution in [-0.2, 0) is 22.5 Å². The SMILES string of the molecule is COCCN1C(=O)N(C/C=C/Cc2cccc(OC)c2)C(=O)C12CCN(Cc1ccccc1)CC2. The minimum Gasteiger partial charge on any atom is -0.497 e. The highest BCUT2D eigenvalue weighted by Crippen LogP contribution is 2.37. The average Bonchev–Trinajstić information content (AvgIpc) is 3.08. The molecule has 0 aliphatic carbocycles. The maximum atomic E-state index is 13.6. The quantitative estimate of drug-likeness (QED) is 0.385. The van der Waals surface area contributed by atoms with Crippen molar-refractivity contribution in [2.24, 2.45) is 0 Å². The van der Waals surface area contributed by atoms with Crippen molar-refractivity contribution in [1.29, 1.82) is 0 Å². The molecule has 2 heterocycles. The number of carbonyl (C=O) groups is 2. The monoisotopic (exact) mass is 477 g/mol. The van der Waals surface area contributed by atoms with Gasteiger partial charge in [0.05, 0.1) is 13.7 Å². The van der Waals surface area contributed by atoms with Crippen molar-refractivity contribution in [3.05, 3.63) is 77.9 Å². The van der Waals surface area contributed by atoms with Gasteiger partial charge in [-0.15, -0.1) is 0 Å². The molecule has 0 saturated carbocycles. The van der Waals surface area contributed by atoms with Gasteiger partial charge in [-0.05, 0) is 42.5 Å². The van der Waals surface area contributed by atoms with Gasteiger partial charge in [-0.25, -0.2) is 4.79 Å². The van der Waals surface area contributed by atoms with Crippen LogP contribution in [0.1, 0.15) is 24.0 Å². The molecular weight excluding hydrogens is 442 g/mol. The Balaban J connectivity index is 1.41. The summed E-state index contributed by atoms with van der Waals surface area (Å²) in [4.78, 5) is 32.5. The summed E-state index contributed by atoms with van der Waals surface area (Å²) in [6.45, 7) is 3.51. The third kappa shape index (κ3) is 5.57. The van der Waals surface area contributed by atoms with Gasteiger partial charge in [-0.1, -0.05) is 54.6 Å². The number of hydrogen-bond donors (Lipinski definition) is 0. The predicted molar refractivity (Wildman–Crippen MR) is 135 cm³/mol. The summed E-state index contributed by atoms with van der Waals surface area (Å²) >= 11 is 0. The number of hydrogen-bond acceptors (Lipinski definition) is 5. The van der Waals surface area contributed by atoms with E-state index in [1.165, 1.54) is 10.5 Å². The molecule has 3 amide bonds. The predicted octanol–water partition coefficient (Wildman–Crippen LogP) is 3.74. The van der Waals surface area contributed by atoms with Gasteiger partial charge < -0.3 is 14.4 Å². The first kappa shape index (κ1) is 24.9. The molecule has 4 rings (SSSR count). The molecule has 0 aromatic heterocycles. The third-order valence-corrected chi connectivity index (χ3v) is 7.02. The van der Waals surface area contributed by atoms with Gasteiger partial charge in [0.15, 0.2) is 0 Å². The third-order valence-electron chi connectivity index (χ3n) is 7.02. The summed E-state index contributed by atoms with van der Waals surface area (Å²) in [5, 5.41) is 0. The fraction of sp³-hybridized carbons (Fsp3) is 0.429. The van der Waals surface area contributed by atoms with Crippen molar-refractivity contribution in [1.82, 2.24) is 14.7 Å². The lowest BCUT2D eigenvalue weighted by Gasteiger charge is -2.42. The van der Waals surface area contributed by atoms with Gasteiger partial charge in [-0.2, -0.15) is 0 Å². The highest BCUT2D eigenvalue weighted by Gasteiger charge is 2.57. The highest BCUT2D eigenvalue weighted by molar-refractivity contribution is 6.07. The van der Waals surface area contributed by atoms with Crippen LogP contribution in [0.25, 0.3) is 0 Å². The van der Waals surface area contributed by atoms with Crippen molar-refractivity contribution in [3.63, 3.8) is 0 Å². The van der Waals surface area contributed by atoms with E-state index in [9.17, 15) is 9.59 Å². The zero-order chi connectivity index (χ0) is 24.7. The maximum Gasteiger partial charge on any atom is 0.328 e. The molecule has 2 fully saturated rings. The van der Waals surface area contributed by atoms with Gasteiger partial charge in [0.25, 0.3) is 5.91 Å². The van der Waals surface area contributed by atoms with E-state index in [4.69, 9.17) is 9.47 Å². The van der Waals surface area contributed by atoms with Crippen molar-refractivity contribution < 1.29 is 19.1 Å². The molecule has 0 bridgehead atoms. The van der Waals surface area contributed by atoms with Crippen molar-refractivity contribution in [3.8, 4) is 5.75 Å². The Hall–Kier alpha value is -3.16. The Bertz CT molecular complexity index is 1030. The number of methoxy groups -OCH3 is 2. The number of nitrogens with zero attached hydrogens (tertiary/aromatic N) is 3. The lowest BCUT2D eigenvalue weighted by atomic mass is 9.85. The zero-order valence-corrected chi connectivity index (χ0v) is 20.7. The average molecular weight is 478 g/mol. The Kier molecular flexibility index (Phi) is 8.21. The van der Waals surface area contributed by atoms with E-state index in [0.717, 1.165) is 30.9 Å². The second-order valence-electron chi connectivity index (χ2n) is 9.16. The number of imide groups is 1. The summed E-state index contributed by atoms with van der Waals surface area (Å²) in [7, 11) is 3.27. The standard InChI is InChI=1S/C28H35N3O4/c1-34-20-19-31-27(33)30(16-7-6-9-23-12-8-13-25(21-23)35-2)26(32)28(31)14-17-29(18-15-28)22-24-10-4-3-5-11-24/h3-8,10-13,21H,9,14-20,22H2,1-2H3/b7-6+. The fourth-order valence-corrected chi connectivity index (χ4v) is 5.04. The number of ether oxygens (including phenoxy) is 2. The number of likely N-dealkylation sites (tertiary alicyclic amines) is 1. The number of piperidine rings is 1. The van der Waals surface area contributed by atoms with Crippen LogP contribution >= 0.6 is 0 Å². The molecule has 35 heavy (non-hydrogen) atoms. The van der Waals surface area contributed by atoms with Gasteiger partial charge in [0, 0.05) is 39.8 Å². The summed E-state index contributed by atoms with van der Waals surface area (Å²) in [5.41, 5.74) is 1.60. The summed E-state index contributed by atoms with van der Waals surface area (Å²) in [5.74, 6) is 0.735. The van der Waals surface area contributed by atoms with Crippen LogP contribution in [0.4, 0.5) is 4.79 Å². The number of benzene rings is 2. The van der Waals surface area contributed by atoms with Crippen LogP contribution < -0.4 is 4.74 Å². The molecule has 2 aliphatic rings. The molecule has 7 heteroatoms. The van der Waals surface area contributed by atoms with Gasteiger partial charge in [-0.3, -0.25) is 14.6 Å². The van der Waals surface area contributed by atoms with E-state index in [1.54, 1.807) is 19.1 Å². The molecule has 2 aliphatic heterocycles. The molecule has 1 spiro atoms. The normalized spacial score (nSPS) is 18.2. The molecule has 186 valence electrons. The van der Waals surface area contributed by atoms with Crippen molar-refractivity contribution in [2.75, 3.05) is 47.0 Å². The van der Waals surface area contributed by atoms with Crippen LogP contribution in [-0.4, -0.2) is 79.2 Å². The molecule has 0 atom stereocenters. The van der Waals surface area contributed by atoms with Crippen LogP contribution in [0.2, 0.25) is 0 Å². The highest BCUT2D eigenvalue weighted by atomic mass is 16.5. The van der Waals surface area contributed by atoms with Crippen molar-refractivity contribution in [2.45, 2.75) is 31.3 Å². The molecule has 0 N–H and O–H groups in total. The Morgan fingerprint density at radius 3 is 2.40 bits per heavy atom. The second-order valence-corrected chi connectivity index (χ2v) is 9.16. The summed E-state index contributed by atoms with van der Waals surface area (Å²) in [6, 6.07) is 18.0. The van der Waals surface area contributed by atoms with Crippen LogP contribution in [0.3, 0.4) is 0 Å². The van der Waals surface area contributed by atoms with Crippen LogP contribution in [0.5, 0.6) is 5.75 Å². The van der Waals surface area contributed by atoms with Gasteiger partial charge >= 0.3 is 6.03 Å². The molecule has 0 radical (unpaired) electrons. The Morgan fingerprint density at radius 1 is 0.943 bits per heavy atom. The van der Waals surface area contributed by atoms with E-state index >= 15 is 0 Å². The molecular formula is C28H35N3O4. The van der Waals surface area contributed by atoms with E-state index in [0.29, 0.717) is 32.4 Å². The minimum atomic E-state index is -0.774. The van der Waals surface area contributed by atoms with E-state index in [2.05, 4.69) is 17.0 Å². The molecule has 2 aromatic carbocycles. The zero-order valence-electron chi connectivity index (χ0n) is 20.7. The first-order valence-electron chi connectivity index (χ1n) is 12.2. The topological polar surface area (TPSA) is 62.3 Å². The number of rotatable bonds is 10. The van der Waals surface area contributed by atoms with Crippen LogP contribution in [0, 0.1) is 0 Å². The number of carbonyl (C=O) groups excluding carboxylic acids is 2. The summed E-state index contributed by atoms with van der Waals surface area (Å²) < 4.78 is 10.5. The first-order valence-corrected chi connectivity index (χ1v) is 12.2. The lowest BCUT2D eigenvalue weighted by molar-refractivity contribution is -0.135. The molecule has 0 unspecified atom stereocenters. The molecule has 2 saturated heterocycles. The number of urea groups is 1. The van der Waals surface area contributed by atoms with Crippen molar-refractivity contribution >= 4 is 11.9 Å². The van der Waals surface area contributed by atoms with Gasteiger partial charge in [0.2, 0.25) is 0 Å². The lowest BCUT2D eigenvalue weighted by Crippen LogP contribution is -2.57.